The first-order valence-corrected chi connectivity index (χ1v) is 6.60. The lowest BCUT2D eigenvalue weighted by molar-refractivity contribution is -0.249. The van der Waals surface area contributed by atoms with E-state index in [1.165, 1.54) is 0 Å². The van der Waals surface area contributed by atoms with Gasteiger partial charge in [-0.3, -0.25) is 0 Å². The van der Waals surface area contributed by atoms with Gasteiger partial charge >= 0.3 is 11.9 Å². The Kier molecular flexibility index (Phi) is 4.61. The number of rotatable bonds is 4. The Morgan fingerprint density at radius 2 is 1.90 bits per heavy atom. The molecule has 0 amide bonds. The molecule has 1 fully saturated rings. The molecule has 0 radical (unpaired) electrons. The van der Waals surface area contributed by atoms with Crippen molar-refractivity contribution in [3.05, 3.63) is 11.8 Å². The van der Waals surface area contributed by atoms with E-state index in [4.69, 9.17) is 23.7 Å². The Balaban J connectivity index is 2.26. The highest BCUT2D eigenvalue weighted by Crippen LogP contribution is 2.33. The van der Waals surface area contributed by atoms with Crippen molar-refractivity contribution in [1.29, 1.82) is 0 Å². The maximum atomic E-state index is 12.1. The van der Waals surface area contributed by atoms with Crippen molar-refractivity contribution in [2.24, 2.45) is 0 Å². The van der Waals surface area contributed by atoms with E-state index in [1.54, 1.807) is 19.9 Å². The average Bonchev–Trinajstić information content (AvgIpc) is 2.47. The van der Waals surface area contributed by atoms with Gasteiger partial charge in [0.2, 0.25) is 6.29 Å². The molecule has 7 heteroatoms. The predicted molar refractivity (Wildman–Crippen MR) is 65.5 cm³/mol. The molecule has 0 aromatic carbocycles. The zero-order valence-electron chi connectivity index (χ0n) is 11.5. The molecule has 0 bridgehead atoms. The molecule has 20 heavy (non-hydrogen) atoms. The van der Waals surface area contributed by atoms with Crippen LogP contribution in [0.25, 0.3) is 0 Å². The highest BCUT2D eigenvalue weighted by atomic mass is 16.7. The van der Waals surface area contributed by atoms with E-state index >= 15 is 0 Å². The van der Waals surface area contributed by atoms with E-state index in [0.717, 1.165) is 0 Å². The number of ether oxygens (including phenoxy) is 5. The summed E-state index contributed by atoms with van der Waals surface area (Å²) in [6.45, 7) is 4.33. The SMILES string of the molecule is CCOC(=O)C1(C(=O)OCC)CC=C2OCCOC2O1. The lowest BCUT2D eigenvalue weighted by Crippen LogP contribution is -2.56. The second-order valence-electron chi connectivity index (χ2n) is 4.25. The topological polar surface area (TPSA) is 80.3 Å². The largest absolute Gasteiger partial charge is 0.490 e. The highest BCUT2D eigenvalue weighted by Gasteiger charge is 2.55. The Labute approximate surface area is 116 Å². The molecule has 2 rings (SSSR count). The van der Waals surface area contributed by atoms with Crippen molar-refractivity contribution in [3.8, 4) is 0 Å². The first-order chi connectivity index (χ1) is 9.64. The first kappa shape index (κ1) is 14.8. The van der Waals surface area contributed by atoms with Crippen LogP contribution in [0.3, 0.4) is 0 Å². The number of carbonyl (C=O) groups excluding carboxylic acids is 2. The molecule has 2 aliphatic heterocycles. The van der Waals surface area contributed by atoms with E-state index in [9.17, 15) is 9.59 Å². The lowest BCUT2D eigenvalue weighted by Gasteiger charge is -2.38. The van der Waals surface area contributed by atoms with Gasteiger partial charge in [0.05, 0.1) is 19.8 Å². The molecule has 0 aromatic rings. The first-order valence-electron chi connectivity index (χ1n) is 6.60. The maximum Gasteiger partial charge on any atom is 0.350 e. The van der Waals surface area contributed by atoms with Gasteiger partial charge in [-0.2, -0.15) is 0 Å². The Hall–Kier alpha value is -1.60. The fraction of sp³-hybridized carbons (Fsp3) is 0.692. The number of fused-ring (bicyclic) bond motifs is 1. The summed E-state index contributed by atoms with van der Waals surface area (Å²) >= 11 is 0. The van der Waals surface area contributed by atoms with Gasteiger partial charge < -0.3 is 23.7 Å². The minimum absolute atomic E-state index is 0.000139. The maximum absolute atomic E-state index is 12.1. The standard InChI is InChI=1S/C13H18O7/c1-3-16-11(14)13(12(15)17-4-2)6-5-9-10(20-13)19-8-7-18-9/h5,10H,3-4,6-8H2,1-2H3. The summed E-state index contributed by atoms with van der Waals surface area (Å²) in [5, 5.41) is 0. The van der Waals surface area contributed by atoms with Gasteiger partial charge in [-0.05, 0) is 19.9 Å². The van der Waals surface area contributed by atoms with Gasteiger partial charge in [-0.15, -0.1) is 0 Å². The van der Waals surface area contributed by atoms with Gasteiger partial charge in [-0.1, -0.05) is 0 Å². The second kappa shape index (κ2) is 6.23. The molecule has 2 heterocycles. The molecular formula is C13H18O7. The minimum Gasteiger partial charge on any atom is -0.490 e. The summed E-state index contributed by atoms with van der Waals surface area (Å²) in [6, 6.07) is 0. The zero-order valence-corrected chi connectivity index (χ0v) is 11.5. The average molecular weight is 286 g/mol. The molecular weight excluding hydrogens is 268 g/mol. The molecule has 7 nitrogen and oxygen atoms in total. The van der Waals surface area contributed by atoms with Crippen LogP contribution in [0.2, 0.25) is 0 Å². The molecule has 1 saturated heterocycles. The van der Waals surface area contributed by atoms with Crippen LogP contribution < -0.4 is 0 Å². The van der Waals surface area contributed by atoms with Gasteiger partial charge in [0, 0.05) is 6.42 Å². The number of esters is 2. The summed E-state index contributed by atoms with van der Waals surface area (Å²) in [5.74, 6) is -1.08. The van der Waals surface area contributed by atoms with E-state index < -0.39 is 23.8 Å². The Bertz CT molecular complexity index is 397. The highest BCUT2D eigenvalue weighted by molar-refractivity contribution is 6.04. The third-order valence-corrected chi connectivity index (χ3v) is 2.96. The molecule has 0 saturated carbocycles. The van der Waals surface area contributed by atoms with Crippen LogP contribution in [0, 0.1) is 0 Å². The third kappa shape index (κ3) is 2.64. The zero-order chi connectivity index (χ0) is 14.6. The van der Waals surface area contributed by atoms with Gasteiger partial charge in [0.15, 0.2) is 0 Å². The van der Waals surface area contributed by atoms with Crippen molar-refractivity contribution >= 4 is 11.9 Å². The van der Waals surface area contributed by atoms with Crippen LogP contribution in [0.15, 0.2) is 11.8 Å². The van der Waals surface area contributed by atoms with E-state index in [-0.39, 0.29) is 19.6 Å². The van der Waals surface area contributed by atoms with Crippen molar-refractivity contribution in [2.75, 3.05) is 26.4 Å². The van der Waals surface area contributed by atoms with E-state index in [0.29, 0.717) is 19.0 Å². The Morgan fingerprint density at radius 3 is 2.50 bits per heavy atom. The fourth-order valence-electron chi connectivity index (χ4n) is 2.03. The smallest absolute Gasteiger partial charge is 0.350 e. The van der Waals surface area contributed by atoms with E-state index in [1.807, 2.05) is 0 Å². The number of hydrogen-bond acceptors (Lipinski definition) is 7. The predicted octanol–water partition coefficient (Wildman–Crippen LogP) is 0.528. The normalized spacial score (nSPS) is 23.9. The molecule has 0 aliphatic carbocycles. The Morgan fingerprint density at radius 1 is 1.25 bits per heavy atom. The molecule has 0 N–H and O–H groups in total. The van der Waals surface area contributed by atoms with Gasteiger partial charge in [0.1, 0.15) is 12.4 Å². The van der Waals surface area contributed by atoms with Gasteiger partial charge in [0.25, 0.3) is 5.60 Å². The molecule has 2 aliphatic rings. The molecule has 1 atom stereocenters. The van der Waals surface area contributed by atoms with Crippen LogP contribution in [0.4, 0.5) is 0 Å². The van der Waals surface area contributed by atoms with Crippen molar-refractivity contribution in [2.45, 2.75) is 32.2 Å². The monoisotopic (exact) mass is 286 g/mol. The lowest BCUT2D eigenvalue weighted by atomic mass is 9.96. The van der Waals surface area contributed by atoms with Crippen LogP contribution in [0.5, 0.6) is 0 Å². The molecule has 112 valence electrons. The quantitative estimate of drug-likeness (QED) is 0.550. The van der Waals surface area contributed by atoms with Crippen molar-refractivity contribution in [3.63, 3.8) is 0 Å². The summed E-state index contributed by atoms with van der Waals surface area (Å²) in [7, 11) is 0. The molecule has 0 spiro atoms. The third-order valence-electron chi connectivity index (χ3n) is 2.96. The minimum atomic E-state index is -1.82. The molecule has 0 aromatic heterocycles. The summed E-state index contributed by atoms with van der Waals surface area (Å²) in [5.41, 5.74) is -1.82. The van der Waals surface area contributed by atoms with Crippen LogP contribution in [-0.2, 0) is 33.3 Å². The van der Waals surface area contributed by atoms with Crippen LogP contribution in [0.1, 0.15) is 20.3 Å². The summed E-state index contributed by atoms with van der Waals surface area (Å²) in [6.07, 6.45) is 0.729. The summed E-state index contributed by atoms with van der Waals surface area (Å²) < 4.78 is 26.1. The second-order valence-corrected chi connectivity index (χ2v) is 4.25. The molecule has 1 unspecified atom stereocenters. The fourth-order valence-corrected chi connectivity index (χ4v) is 2.03. The van der Waals surface area contributed by atoms with Crippen molar-refractivity contribution in [1.82, 2.24) is 0 Å². The number of hydrogen-bond donors (Lipinski definition) is 0. The number of carbonyl (C=O) groups is 2. The van der Waals surface area contributed by atoms with Crippen LogP contribution >= 0.6 is 0 Å². The van der Waals surface area contributed by atoms with Crippen molar-refractivity contribution < 1.29 is 33.3 Å². The van der Waals surface area contributed by atoms with Crippen LogP contribution in [-0.4, -0.2) is 50.3 Å². The van der Waals surface area contributed by atoms with Gasteiger partial charge in [-0.25, -0.2) is 9.59 Å². The van der Waals surface area contributed by atoms with E-state index in [2.05, 4.69) is 0 Å². The summed E-state index contributed by atoms with van der Waals surface area (Å²) in [4.78, 5) is 24.3.